The largest absolute Gasteiger partial charge is 0.357 e. The molecule has 2 aliphatic rings. The van der Waals surface area contributed by atoms with Crippen molar-refractivity contribution in [3.63, 3.8) is 0 Å². The maximum absolute atomic E-state index is 13.5. The molecule has 1 aliphatic heterocycles. The van der Waals surface area contributed by atoms with Crippen molar-refractivity contribution in [3.8, 4) is 0 Å². The number of hydrogen-bond acceptors (Lipinski definition) is 4. The molecule has 4 rings (SSSR count). The number of hydrogen-bond donors (Lipinski definition) is 1. The predicted molar refractivity (Wildman–Crippen MR) is 124 cm³/mol. The lowest BCUT2D eigenvalue weighted by Crippen LogP contribution is -2.44. The van der Waals surface area contributed by atoms with E-state index in [9.17, 15) is 9.59 Å². The van der Waals surface area contributed by atoms with Gasteiger partial charge in [0.05, 0.1) is 5.56 Å². The number of aryl methyl sites for hydroxylation is 1. The Labute approximate surface area is 184 Å². The van der Waals surface area contributed by atoms with Gasteiger partial charge in [-0.3, -0.25) is 14.5 Å². The molecule has 0 radical (unpaired) electrons. The number of nitrogens with one attached hydrogen (secondary N) is 1. The van der Waals surface area contributed by atoms with Crippen LogP contribution in [0, 0.1) is 13.8 Å². The topological polar surface area (TPSA) is 65.5 Å². The molecule has 1 N–H and O–H groups in total. The van der Waals surface area contributed by atoms with Crippen molar-refractivity contribution in [2.24, 2.45) is 0 Å². The van der Waals surface area contributed by atoms with Crippen LogP contribution in [-0.2, 0) is 4.79 Å². The van der Waals surface area contributed by atoms with Gasteiger partial charge in [-0.25, -0.2) is 4.98 Å². The van der Waals surface area contributed by atoms with Gasteiger partial charge in [0.2, 0.25) is 5.91 Å². The standard InChI is InChI=1S/C25H32N4O2/c1-18-8-7-11-22(19(18)2)29(17-24(30)27-21-9-3-4-10-21)25(31)20-12-13-23(26-16-20)28-14-5-6-15-28/h7-8,11-13,16,21H,3-6,9-10,14-15,17H2,1-2H3,(H,27,30). The molecule has 1 aliphatic carbocycles. The fourth-order valence-corrected chi connectivity index (χ4v) is 4.58. The van der Waals surface area contributed by atoms with E-state index in [1.165, 1.54) is 12.8 Å². The first kappa shape index (κ1) is 21.3. The van der Waals surface area contributed by atoms with Crippen LogP contribution in [0.5, 0.6) is 0 Å². The maximum Gasteiger partial charge on any atom is 0.260 e. The molecule has 31 heavy (non-hydrogen) atoms. The van der Waals surface area contributed by atoms with Gasteiger partial charge < -0.3 is 10.2 Å². The highest BCUT2D eigenvalue weighted by Gasteiger charge is 2.25. The maximum atomic E-state index is 13.5. The third-order valence-corrected chi connectivity index (χ3v) is 6.56. The summed E-state index contributed by atoms with van der Waals surface area (Å²) in [6.45, 7) is 6.04. The Hall–Kier alpha value is -2.89. The van der Waals surface area contributed by atoms with Gasteiger partial charge >= 0.3 is 0 Å². The number of amides is 2. The van der Waals surface area contributed by atoms with Crippen molar-refractivity contribution in [2.75, 3.05) is 29.4 Å². The molecular weight excluding hydrogens is 388 g/mol. The number of anilines is 2. The Balaban J connectivity index is 1.57. The molecule has 1 aromatic carbocycles. The molecule has 0 bridgehead atoms. The number of pyridine rings is 1. The SMILES string of the molecule is Cc1cccc(N(CC(=O)NC2CCCC2)C(=O)c2ccc(N3CCCC3)nc2)c1C. The molecule has 2 fully saturated rings. The average molecular weight is 421 g/mol. The van der Waals surface area contributed by atoms with Crippen LogP contribution in [0.15, 0.2) is 36.5 Å². The zero-order valence-corrected chi connectivity index (χ0v) is 18.6. The molecule has 0 atom stereocenters. The fraction of sp³-hybridized carbons (Fsp3) is 0.480. The van der Waals surface area contributed by atoms with E-state index in [-0.39, 0.29) is 24.4 Å². The molecule has 2 heterocycles. The number of carbonyl (C=O) groups is 2. The van der Waals surface area contributed by atoms with Gasteiger partial charge in [0.15, 0.2) is 0 Å². The monoisotopic (exact) mass is 420 g/mol. The molecular formula is C25H32N4O2. The molecule has 1 saturated heterocycles. The summed E-state index contributed by atoms with van der Waals surface area (Å²) in [6, 6.07) is 9.84. The van der Waals surface area contributed by atoms with Crippen LogP contribution in [0.4, 0.5) is 11.5 Å². The van der Waals surface area contributed by atoms with Crippen molar-refractivity contribution in [1.29, 1.82) is 0 Å². The summed E-state index contributed by atoms with van der Waals surface area (Å²) in [5.41, 5.74) is 3.37. The van der Waals surface area contributed by atoms with Crippen LogP contribution in [-0.4, -0.2) is 42.5 Å². The summed E-state index contributed by atoms with van der Waals surface area (Å²) in [4.78, 5) is 34.7. The molecule has 1 aromatic heterocycles. The van der Waals surface area contributed by atoms with E-state index >= 15 is 0 Å². The Morgan fingerprint density at radius 3 is 2.48 bits per heavy atom. The lowest BCUT2D eigenvalue weighted by atomic mass is 10.1. The fourth-order valence-electron chi connectivity index (χ4n) is 4.58. The summed E-state index contributed by atoms with van der Waals surface area (Å²) in [6.07, 6.45) is 8.34. The lowest BCUT2D eigenvalue weighted by molar-refractivity contribution is -0.120. The minimum Gasteiger partial charge on any atom is -0.357 e. The van der Waals surface area contributed by atoms with Crippen molar-refractivity contribution in [1.82, 2.24) is 10.3 Å². The van der Waals surface area contributed by atoms with Gasteiger partial charge in [0.25, 0.3) is 5.91 Å². The number of rotatable bonds is 6. The van der Waals surface area contributed by atoms with E-state index in [0.29, 0.717) is 5.56 Å². The summed E-state index contributed by atoms with van der Waals surface area (Å²) < 4.78 is 0. The van der Waals surface area contributed by atoms with Gasteiger partial charge in [-0.2, -0.15) is 0 Å². The first-order valence-electron chi connectivity index (χ1n) is 11.4. The third kappa shape index (κ3) is 4.89. The molecule has 164 valence electrons. The van der Waals surface area contributed by atoms with Gasteiger partial charge in [-0.05, 0) is 68.9 Å². The van der Waals surface area contributed by atoms with Gasteiger partial charge in [0, 0.05) is 31.0 Å². The first-order valence-corrected chi connectivity index (χ1v) is 11.4. The zero-order chi connectivity index (χ0) is 21.8. The van der Waals surface area contributed by atoms with Crippen LogP contribution >= 0.6 is 0 Å². The molecule has 6 nitrogen and oxygen atoms in total. The normalized spacial score (nSPS) is 16.5. The molecule has 0 unspecified atom stereocenters. The Kier molecular flexibility index (Phi) is 6.54. The van der Waals surface area contributed by atoms with E-state index in [1.807, 2.05) is 44.2 Å². The second kappa shape index (κ2) is 9.50. The minimum atomic E-state index is -0.198. The van der Waals surface area contributed by atoms with Crippen molar-refractivity contribution in [3.05, 3.63) is 53.2 Å². The smallest absolute Gasteiger partial charge is 0.260 e. The van der Waals surface area contributed by atoms with Gasteiger partial charge in [-0.15, -0.1) is 0 Å². The molecule has 1 saturated carbocycles. The average Bonchev–Trinajstić information content (AvgIpc) is 3.48. The number of carbonyl (C=O) groups excluding carboxylic acids is 2. The Morgan fingerprint density at radius 2 is 1.81 bits per heavy atom. The first-order chi connectivity index (χ1) is 15.0. The summed E-state index contributed by atoms with van der Waals surface area (Å²) in [5.74, 6) is 0.602. The minimum absolute atomic E-state index is 0.00744. The molecule has 6 heteroatoms. The van der Waals surface area contributed by atoms with E-state index in [4.69, 9.17) is 0 Å². The van der Waals surface area contributed by atoms with Crippen molar-refractivity contribution < 1.29 is 9.59 Å². The quantitative estimate of drug-likeness (QED) is 0.767. The summed E-state index contributed by atoms with van der Waals surface area (Å²) >= 11 is 0. The van der Waals surface area contributed by atoms with Gasteiger partial charge in [-0.1, -0.05) is 25.0 Å². The van der Waals surface area contributed by atoms with Gasteiger partial charge in [0.1, 0.15) is 12.4 Å². The van der Waals surface area contributed by atoms with Crippen LogP contribution < -0.4 is 15.1 Å². The number of nitrogens with zero attached hydrogens (tertiary/aromatic N) is 3. The van der Waals surface area contributed by atoms with E-state index < -0.39 is 0 Å². The van der Waals surface area contributed by atoms with E-state index in [2.05, 4.69) is 15.2 Å². The molecule has 0 spiro atoms. The lowest BCUT2D eigenvalue weighted by Gasteiger charge is -2.26. The van der Waals surface area contributed by atoms with E-state index in [1.54, 1.807) is 11.1 Å². The summed E-state index contributed by atoms with van der Waals surface area (Å²) in [5, 5.41) is 3.11. The highest BCUT2D eigenvalue weighted by Crippen LogP contribution is 2.25. The molecule has 2 amide bonds. The third-order valence-electron chi connectivity index (χ3n) is 6.56. The van der Waals surface area contributed by atoms with E-state index in [0.717, 1.165) is 61.4 Å². The predicted octanol–water partition coefficient (Wildman–Crippen LogP) is 4.00. The number of benzene rings is 1. The Bertz CT molecular complexity index is 929. The second-order valence-corrected chi connectivity index (χ2v) is 8.76. The van der Waals surface area contributed by atoms with Crippen molar-refractivity contribution in [2.45, 2.75) is 58.4 Å². The zero-order valence-electron chi connectivity index (χ0n) is 18.6. The second-order valence-electron chi connectivity index (χ2n) is 8.76. The highest BCUT2D eigenvalue weighted by atomic mass is 16.2. The highest BCUT2D eigenvalue weighted by molar-refractivity contribution is 6.09. The Morgan fingerprint density at radius 1 is 1.06 bits per heavy atom. The van der Waals surface area contributed by atoms with Crippen LogP contribution in [0.1, 0.15) is 60.0 Å². The van der Waals surface area contributed by atoms with Crippen LogP contribution in [0.25, 0.3) is 0 Å². The van der Waals surface area contributed by atoms with Crippen LogP contribution in [0.2, 0.25) is 0 Å². The van der Waals surface area contributed by atoms with Crippen molar-refractivity contribution >= 4 is 23.3 Å². The summed E-state index contributed by atoms with van der Waals surface area (Å²) in [7, 11) is 0. The molecule has 2 aromatic rings. The van der Waals surface area contributed by atoms with Crippen LogP contribution in [0.3, 0.4) is 0 Å². The number of aromatic nitrogens is 1.